The van der Waals surface area contributed by atoms with Crippen molar-refractivity contribution in [2.24, 2.45) is 10.2 Å². The maximum atomic E-state index is 11.7. The molecule has 154 valence electrons. The van der Waals surface area contributed by atoms with Crippen molar-refractivity contribution in [2.75, 3.05) is 0 Å². The summed E-state index contributed by atoms with van der Waals surface area (Å²) in [5.74, 6) is -0.841. The van der Waals surface area contributed by atoms with Crippen molar-refractivity contribution in [3.8, 4) is 0 Å². The summed E-state index contributed by atoms with van der Waals surface area (Å²) in [6.07, 6.45) is 1.06. The lowest BCUT2D eigenvalue weighted by Crippen LogP contribution is -2.26. The molecule has 1 aliphatic heterocycles. The van der Waals surface area contributed by atoms with Crippen LogP contribution in [-0.2, 0) is 15.3 Å². The van der Waals surface area contributed by atoms with Gasteiger partial charge in [-0.2, -0.15) is 5.10 Å². The zero-order valence-corrected chi connectivity index (χ0v) is 17.1. The molecule has 1 fully saturated rings. The second kappa shape index (κ2) is 10.0. The lowest BCUT2D eigenvalue weighted by atomic mass is 10.2. The first-order valence-electron chi connectivity index (χ1n) is 8.68. The summed E-state index contributed by atoms with van der Waals surface area (Å²) in [7, 11) is 0. The van der Waals surface area contributed by atoms with Crippen LogP contribution in [0.1, 0.15) is 17.5 Å². The predicted octanol–water partition coefficient (Wildman–Crippen LogP) is 3.28. The zero-order valence-electron chi connectivity index (χ0n) is 15.4. The highest BCUT2D eigenvalue weighted by molar-refractivity contribution is 8.15. The first-order valence-corrected chi connectivity index (χ1v) is 10.5. The number of benzene rings is 2. The Morgan fingerprint density at radius 3 is 2.77 bits per heavy atom. The molecular formula is C19H16N4O5S2. The molecule has 11 heteroatoms. The predicted molar refractivity (Wildman–Crippen MR) is 116 cm³/mol. The summed E-state index contributed by atoms with van der Waals surface area (Å²) >= 11 is 2.49. The molecule has 0 bridgehead atoms. The van der Waals surface area contributed by atoms with E-state index in [0.717, 1.165) is 22.2 Å². The maximum Gasteiger partial charge on any atom is 0.305 e. The molecule has 2 aromatic carbocycles. The summed E-state index contributed by atoms with van der Waals surface area (Å²) in [6.45, 7) is 0. The molecule has 9 nitrogen and oxygen atoms in total. The van der Waals surface area contributed by atoms with Crippen LogP contribution in [-0.4, -0.2) is 38.5 Å². The van der Waals surface area contributed by atoms with Crippen molar-refractivity contribution in [3.05, 3.63) is 69.8 Å². The fourth-order valence-electron chi connectivity index (χ4n) is 2.51. The summed E-state index contributed by atoms with van der Waals surface area (Å²) in [4.78, 5) is 33.9. The Kier molecular flexibility index (Phi) is 7.20. The van der Waals surface area contributed by atoms with E-state index in [1.807, 2.05) is 30.3 Å². The van der Waals surface area contributed by atoms with Gasteiger partial charge in [0.25, 0.3) is 5.69 Å². The Hall–Kier alpha value is -3.18. The first kappa shape index (κ1) is 21.5. The highest BCUT2D eigenvalue weighted by atomic mass is 32.2. The molecule has 2 aromatic rings. The SMILES string of the molecule is O=C(O)CC1SC(=NN=Cc2cc([N+](=O)[O-])ccc2SCc2ccccc2)NC1=O. The molecule has 1 heterocycles. The minimum atomic E-state index is -1.08. The van der Waals surface area contributed by atoms with Crippen LogP contribution < -0.4 is 5.32 Å². The Labute approximate surface area is 179 Å². The number of carboxylic acids is 1. The summed E-state index contributed by atoms with van der Waals surface area (Å²) in [6, 6.07) is 14.3. The monoisotopic (exact) mass is 444 g/mol. The molecule has 0 spiro atoms. The summed E-state index contributed by atoms with van der Waals surface area (Å²) in [5, 5.41) is 29.7. The smallest absolute Gasteiger partial charge is 0.305 e. The molecule has 0 aliphatic carbocycles. The number of nitro groups is 1. The third-order valence-electron chi connectivity index (χ3n) is 3.92. The van der Waals surface area contributed by atoms with Gasteiger partial charge in [-0.1, -0.05) is 42.1 Å². The van der Waals surface area contributed by atoms with Gasteiger partial charge in [-0.3, -0.25) is 19.7 Å². The van der Waals surface area contributed by atoms with Crippen molar-refractivity contribution >= 4 is 52.5 Å². The Bertz CT molecular complexity index is 1030. The van der Waals surface area contributed by atoms with Crippen LogP contribution in [0.5, 0.6) is 0 Å². The van der Waals surface area contributed by atoms with Gasteiger partial charge in [0.1, 0.15) is 5.25 Å². The van der Waals surface area contributed by atoms with Crippen molar-refractivity contribution in [1.29, 1.82) is 0 Å². The molecule has 2 N–H and O–H groups in total. The van der Waals surface area contributed by atoms with Crippen LogP contribution >= 0.6 is 23.5 Å². The fourth-order valence-corrected chi connectivity index (χ4v) is 4.38. The maximum absolute atomic E-state index is 11.7. The normalized spacial score (nSPS) is 17.4. The van der Waals surface area contributed by atoms with Crippen molar-refractivity contribution in [2.45, 2.75) is 22.3 Å². The van der Waals surface area contributed by atoms with Gasteiger partial charge in [-0.15, -0.1) is 16.9 Å². The van der Waals surface area contributed by atoms with Crippen LogP contribution in [0.3, 0.4) is 0 Å². The lowest BCUT2D eigenvalue weighted by molar-refractivity contribution is -0.384. The van der Waals surface area contributed by atoms with Crippen molar-refractivity contribution in [1.82, 2.24) is 5.32 Å². The van der Waals surface area contributed by atoms with E-state index >= 15 is 0 Å². The third-order valence-corrected chi connectivity index (χ3v) is 6.16. The lowest BCUT2D eigenvalue weighted by Gasteiger charge is -2.05. The van der Waals surface area contributed by atoms with E-state index in [0.29, 0.717) is 11.3 Å². The molecule has 30 heavy (non-hydrogen) atoms. The first-order chi connectivity index (χ1) is 14.4. The number of aliphatic carboxylic acids is 1. The number of nitrogens with zero attached hydrogens (tertiary/aromatic N) is 3. The van der Waals surface area contributed by atoms with Gasteiger partial charge >= 0.3 is 5.97 Å². The zero-order chi connectivity index (χ0) is 21.5. The van der Waals surface area contributed by atoms with E-state index in [4.69, 9.17) is 5.11 Å². The Morgan fingerprint density at radius 1 is 1.30 bits per heavy atom. The third kappa shape index (κ3) is 5.91. The van der Waals surface area contributed by atoms with E-state index in [1.165, 1.54) is 30.1 Å². The number of amidine groups is 1. The van der Waals surface area contributed by atoms with E-state index in [2.05, 4.69) is 15.5 Å². The van der Waals surface area contributed by atoms with E-state index in [1.54, 1.807) is 6.07 Å². The minimum absolute atomic E-state index is 0.0711. The van der Waals surface area contributed by atoms with Gasteiger partial charge < -0.3 is 10.4 Å². The van der Waals surface area contributed by atoms with Gasteiger partial charge in [0.05, 0.1) is 17.6 Å². The van der Waals surface area contributed by atoms with Gasteiger partial charge in [0.2, 0.25) is 5.91 Å². The summed E-state index contributed by atoms with van der Waals surface area (Å²) in [5.41, 5.74) is 1.56. The molecule has 0 radical (unpaired) electrons. The molecular weight excluding hydrogens is 428 g/mol. The molecule has 0 aromatic heterocycles. The van der Waals surface area contributed by atoms with Crippen LogP contribution in [0.2, 0.25) is 0 Å². The molecule has 1 aliphatic rings. The van der Waals surface area contributed by atoms with Crippen LogP contribution in [0.25, 0.3) is 0 Å². The molecule has 1 saturated heterocycles. The van der Waals surface area contributed by atoms with E-state index in [-0.39, 0.29) is 17.3 Å². The van der Waals surface area contributed by atoms with Crippen LogP contribution in [0.4, 0.5) is 5.69 Å². The average Bonchev–Trinajstić information content (AvgIpc) is 3.06. The van der Waals surface area contributed by atoms with Crippen LogP contribution in [0, 0.1) is 10.1 Å². The van der Waals surface area contributed by atoms with E-state index in [9.17, 15) is 19.7 Å². The standard InChI is InChI=1S/C19H16N4O5S2/c24-17(25)9-16-18(26)21-19(30-16)22-20-10-13-8-14(23(27)28)6-7-15(13)29-11-12-4-2-1-3-5-12/h1-8,10,16H,9,11H2,(H,24,25)(H,21,22,26). The molecule has 0 saturated carbocycles. The topological polar surface area (TPSA) is 134 Å². The number of non-ortho nitro benzene ring substituents is 1. The second-order valence-corrected chi connectivity index (χ2v) is 8.31. The number of carbonyl (C=O) groups excluding carboxylic acids is 1. The number of nitrogens with one attached hydrogen (secondary N) is 1. The van der Waals surface area contributed by atoms with Gasteiger partial charge in [-0.05, 0) is 11.6 Å². The Balaban J connectivity index is 1.76. The molecule has 3 rings (SSSR count). The number of carboxylic acid groups (broad SMARTS) is 1. The number of rotatable bonds is 8. The highest BCUT2D eigenvalue weighted by Gasteiger charge is 2.32. The number of thioether (sulfide) groups is 2. The number of amides is 1. The fraction of sp³-hybridized carbons (Fsp3) is 0.158. The van der Waals surface area contributed by atoms with Gasteiger partial charge in [-0.25, -0.2) is 0 Å². The van der Waals surface area contributed by atoms with Crippen molar-refractivity contribution in [3.63, 3.8) is 0 Å². The molecule has 1 unspecified atom stereocenters. The largest absolute Gasteiger partial charge is 0.481 e. The summed E-state index contributed by atoms with van der Waals surface area (Å²) < 4.78 is 0. The number of hydrogen-bond donors (Lipinski definition) is 2. The van der Waals surface area contributed by atoms with Crippen molar-refractivity contribution < 1.29 is 19.6 Å². The van der Waals surface area contributed by atoms with Crippen LogP contribution in [0.15, 0.2) is 63.6 Å². The molecule has 1 atom stereocenters. The van der Waals surface area contributed by atoms with E-state index < -0.39 is 22.0 Å². The molecule has 1 amide bonds. The number of carbonyl (C=O) groups is 2. The highest BCUT2D eigenvalue weighted by Crippen LogP contribution is 2.28. The number of hydrogen-bond acceptors (Lipinski definition) is 8. The Morgan fingerprint density at radius 2 is 2.07 bits per heavy atom. The minimum Gasteiger partial charge on any atom is -0.481 e. The number of nitro benzene ring substituents is 1. The average molecular weight is 444 g/mol. The second-order valence-electron chi connectivity index (χ2n) is 6.10. The van der Waals surface area contributed by atoms with Gasteiger partial charge in [0, 0.05) is 28.3 Å². The quantitative estimate of drug-likeness (QED) is 0.276. The van der Waals surface area contributed by atoms with Gasteiger partial charge in [0.15, 0.2) is 5.17 Å².